The zero-order valence-electron chi connectivity index (χ0n) is 12.5. The van der Waals surface area contributed by atoms with E-state index >= 15 is 0 Å². The average molecular weight is 276 g/mol. The smallest absolute Gasteiger partial charge is 0.254 e. The summed E-state index contributed by atoms with van der Waals surface area (Å²) in [6.07, 6.45) is 6.05. The lowest BCUT2D eigenvalue weighted by molar-refractivity contribution is -0.117. The summed E-state index contributed by atoms with van der Waals surface area (Å²) in [4.78, 5) is 25.7. The molecule has 0 N–H and O–H groups in total. The van der Waals surface area contributed by atoms with Crippen molar-refractivity contribution in [2.24, 2.45) is 5.92 Å². The van der Waals surface area contributed by atoms with Gasteiger partial charge in [-0.25, -0.2) is 0 Å². The molecule has 0 bridgehead atoms. The van der Waals surface area contributed by atoms with Crippen molar-refractivity contribution in [2.45, 2.75) is 39.2 Å². The van der Waals surface area contributed by atoms with Crippen molar-refractivity contribution in [3.8, 4) is 0 Å². The summed E-state index contributed by atoms with van der Waals surface area (Å²) >= 11 is 0. The van der Waals surface area contributed by atoms with Crippen LogP contribution in [0, 0.1) is 5.92 Å². The summed E-state index contributed by atoms with van der Waals surface area (Å²) in [5.74, 6) is 0.742. The number of piperidine rings is 1. The Hall–Kier alpha value is -1.42. The molecule has 0 aromatic carbocycles. The van der Waals surface area contributed by atoms with E-state index in [0.717, 1.165) is 37.4 Å². The maximum Gasteiger partial charge on any atom is 0.254 e. The Labute approximate surface area is 120 Å². The predicted octanol–water partition coefficient (Wildman–Crippen LogP) is 1.71. The third-order valence-corrected chi connectivity index (χ3v) is 4.15. The second-order valence-corrected chi connectivity index (χ2v) is 5.95. The molecule has 0 amide bonds. The highest BCUT2D eigenvalue weighted by Crippen LogP contribution is 2.20. The van der Waals surface area contributed by atoms with E-state index in [-0.39, 0.29) is 17.9 Å². The minimum atomic E-state index is -0.00405. The van der Waals surface area contributed by atoms with Crippen molar-refractivity contribution in [3.63, 3.8) is 0 Å². The van der Waals surface area contributed by atoms with Crippen molar-refractivity contribution in [2.75, 3.05) is 20.1 Å². The Kier molecular flexibility index (Phi) is 5.12. The van der Waals surface area contributed by atoms with E-state index in [9.17, 15) is 9.59 Å². The molecule has 1 saturated heterocycles. The Morgan fingerprint density at radius 1 is 1.35 bits per heavy atom. The van der Waals surface area contributed by atoms with E-state index in [2.05, 4.69) is 11.9 Å². The second-order valence-electron chi connectivity index (χ2n) is 5.95. The zero-order chi connectivity index (χ0) is 14.5. The molecular formula is C16H24N2O2. The van der Waals surface area contributed by atoms with E-state index in [4.69, 9.17) is 0 Å². The average Bonchev–Trinajstić information content (AvgIpc) is 2.41. The number of carbonyl (C=O) groups is 1. The first-order valence-electron chi connectivity index (χ1n) is 7.42. The van der Waals surface area contributed by atoms with Crippen molar-refractivity contribution in [3.05, 3.63) is 34.2 Å². The van der Waals surface area contributed by atoms with Gasteiger partial charge in [-0.05, 0) is 64.7 Å². The first-order chi connectivity index (χ1) is 9.56. The molecule has 4 nitrogen and oxygen atoms in total. The molecule has 0 radical (unpaired) electrons. The lowest BCUT2D eigenvalue weighted by Crippen LogP contribution is -2.31. The van der Waals surface area contributed by atoms with Gasteiger partial charge in [0.1, 0.15) is 5.78 Å². The number of ketones is 1. The van der Waals surface area contributed by atoms with Crippen LogP contribution in [0.15, 0.2) is 23.1 Å². The highest BCUT2D eigenvalue weighted by Gasteiger charge is 2.17. The normalized spacial score (nSPS) is 17.3. The summed E-state index contributed by atoms with van der Waals surface area (Å²) in [5, 5.41) is 0. The van der Waals surface area contributed by atoms with Gasteiger partial charge in [0, 0.05) is 11.8 Å². The number of aromatic nitrogens is 1. The van der Waals surface area contributed by atoms with Crippen molar-refractivity contribution in [1.82, 2.24) is 9.47 Å². The lowest BCUT2D eigenvalue weighted by Gasteiger charge is -2.28. The van der Waals surface area contributed by atoms with Crippen LogP contribution in [0.4, 0.5) is 0 Å². The third kappa shape index (κ3) is 4.04. The molecule has 1 aromatic rings. The molecule has 1 aliphatic rings. The summed E-state index contributed by atoms with van der Waals surface area (Å²) in [5.41, 5.74) is 0.836. The minimum Gasteiger partial charge on any atom is -0.308 e. The molecular weight excluding hydrogens is 252 g/mol. The van der Waals surface area contributed by atoms with Crippen LogP contribution < -0.4 is 5.56 Å². The molecule has 0 unspecified atom stereocenters. The van der Waals surface area contributed by atoms with Crippen LogP contribution >= 0.6 is 0 Å². The molecule has 1 aromatic heterocycles. The number of aryl methyl sites for hydroxylation is 1. The van der Waals surface area contributed by atoms with Gasteiger partial charge >= 0.3 is 0 Å². The Morgan fingerprint density at radius 3 is 2.70 bits per heavy atom. The van der Waals surface area contributed by atoms with E-state index in [1.165, 1.54) is 24.3 Å². The molecule has 2 heterocycles. The summed E-state index contributed by atoms with van der Waals surface area (Å²) in [7, 11) is 2.16. The molecule has 20 heavy (non-hydrogen) atoms. The van der Waals surface area contributed by atoms with Crippen LogP contribution in [0.5, 0.6) is 0 Å². The SMILES string of the molecule is CC(=O)Cn1cccc(CCC2CCN(C)CC2)c1=O. The van der Waals surface area contributed by atoms with Crippen molar-refractivity contribution < 1.29 is 4.79 Å². The van der Waals surface area contributed by atoms with E-state index in [1.807, 2.05) is 12.1 Å². The van der Waals surface area contributed by atoms with Gasteiger partial charge < -0.3 is 9.47 Å². The second kappa shape index (κ2) is 6.84. The van der Waals surface area contributed by atoms with Crippen LogP contribution in [-0.4, -0.2) is 35.4 Å². The molecule has 0 spiro atoms. The lowest BCUT2D eigenvalue weighted by atomic mass is 9.91. The number of carbonyl (C=O) groups excluding carboxylic acids is 1. The molecule has 0 aliphatic carbocycles. The van der Waals surface area contributed by atoms with Crippen LogP contribution in [0.1, 0.15) is 31.7 Å². The number of nitrogens with zero attached hydrogens (tertiary/aromatic N) is 2. The van der Waals surface area contributed by atoms with Crippen LogP contribution in [0.25, 0.3) is 0 Å². The number of pyridine rings is 1. The number of likely N-dealkylation sites (tertiary alicyclic amines) is 1. The first kappa shape index (κ1) is 15.0. The van der Waals surface area contributed by atoms with Gasteiger partial charge in [0.15, 0.2) is 0 Å². The number of hydrogen-bond acceptors (Lipinski definition) is 3. The Morgan fingerprint density at radius 2 is 2.05 bits per heavy atom. The summed E-state index contributed by atoms with van der Waals surface area (Å²) < 4.78 is 1.52. The molecule has 4 heteroatoms. The van der Waals surface area contributed by atoms with Gasteiger partial charge in [-0.3, -0.25) is 9.59 Å². The van der Waals surface area contributed by atoms with Gasteiger partial charge in [-0.15, -0.1) is 0 Å². The van der Waals surface area contributed by atoms with Crippen LogP contribution in [0.3, 0.4) is 0 Å². The molecule has 0 atom stereocenters. The van der Waals surface area contributed by atoms with Crippen molar-refractivity contribution >= 4 is 5.78 Å². The van der Waals surface area contributed by atoms with Gasteiger partial charge in [-0.2, -0.15) is 0 Å². The van der Waals surface area contributed by atoms with E-state index < -0.39 is 0 Å². The fourth-order valence-corrected chi connectivity index (χ4v) is 2.85. The van der Waals surface area contributed by atoms with E-state index in [0.29, 0.717) is 0 Å². The topological polar surface area (TPSA) is 42.3 Å². The van der Waals surface area contributed by atoms with Gasteiger partial charge in [0.2, 0.25) is 0 Å². The summed E-state index contributed by atoms with van der Waals surface area (Å²) in [6, 6.07) is 3.77. The Balaban J connectivity index is 1.96. The van der Waals surface area contributed by atoms with Crippen LogP contribution in [0.2, 0.25) is 0 Å². The molecule has 1 fully saturated rings. The fraction of sp³-hybridized carbons (Fsp3) is 0.625. The maximum atomic E-state index is 12.2. The number of Topliss-reactive ketones (excluding diaryl/α,β-unsaturated/α-hetero) is 1. The number of rotatable bonds is 5. The largest absolute Gasteiger partial charge is 0.308 e. The third-order valence-electron chi connectivity index (χ3n) is 4.15. The van der Waals surface area contributed by atoms with Gasteiger partial charge in [0.05, 0.1) is 6.54 Å². The van der Waals surface area contributed by atoms with Crippen molar-refractivity contribution in [1.29, 1.82) is 0 Å². The predicted molar refractivity (Wildman–Crippen MR) is 79.9 cm³/mol. The van der Waals surface area contributed by atoms with Gasteiger partial charge in [0.25, 0.3) is 5.56 Å². The highest BCUT2D eigenvalue weighted by molar-refractivity contribution is 5.75. The molecule has 2 rings (SSSR count). The number of hydrogen-bond donors (Lipinski definition) is 0. The van der Waals surface area contributed by atoms with E-state index in [1.54, 1.807) is 6.20 Å². The molecule has 110 valence electrons. The Bertz CT molecular complexity index is 513. The monoisotopic (exact) mass is 276 g/mol. The molecule has 1 aliphatic heterocycles. The molecule has 0 saturated carbocycles. The first-order valence-corrected chi connectivity index (χ1v) is 7.42. The minimum absolute atomic E-state index is 0.00405. The summed E-state index contributed by atoms with van der Waals surface area (Å²) in [6.45, 7) is 4.01. The standard InChI is InChI=1S/C16H24N2O2/c1-13(19)12-18-9-3-4-15(16(18)20)6-5-14-7-10-17(2)11-8-14/h3-4,9,14H,5-8,10-12H2,1-2H3. The fourth-order valence-electron chi connectivity index (χ4n) is 2.85. The highest BCUT2D eigenvalue weighted by atomic mass is 16.1. The maximum absolute atomic E-state index is 12.2. The zero-order valence-corrected chi connectivity index (χ0v) is 12.5. The van der Waals surface area contributed by atoms with Gasteiger partial charge in [-0.1, -0.05) is 6.07 Å². The quantitative estimate of drug-likeness (QED) is 0.822. The van der Waals surface area contributed by atoms with Crippen LogP contribution in [-0.2, 0) is 17.8 Å².